The van der Waals surface area contributed by atoms with Crippen molar-refractivity contribution in [2.24, 2.45) is 0 Å². The van der Waals surface area contributed by atoms with E-state index in [4.69, 9.17) is 10.5 Å². The lowest BCUT2D eigenvalue weighted by Crippen LogP contribution is -2.26. The molecule has 0 radical (unpaired) electrons. The van der Waals surface area contributed by atoms with Crippen LogP contribution in [0.2, 0.25) is 0 Å². The number of hydrogen-bond donors (Lipinski definition) is 2. The molecule has 1 aromatic carbocycles. The largest absolute Gasteiger partial charge is 0.495 e. The lowest BCUT2D eigenvalue weighted by atomic mass is 10.3. The Morgan fingerprint density at radius 3 is 2.80 bits per heavy atom. The molecule has 108 valence electrons. The van der Waals surface area contributed by atoms with Gasteiger partial charge in [0.15, 0.2) is 0 Å². The molecule has 2 aromatic rings. The maximum Gasteiger partial charge on any atom is 0.246 e. The highest BCUT2D eigenvalue weighted by molar-refractivity contribution is 7.89. The first-order chi connectivity index (χ1) is 9.45. The zero-order valence-electron chi connectivity index (χ0n) is 11.2. The quantitative estimate of drug-likeness (QED) is 0.795. The van der Waals surface area contributed by atoms with Gasteiger partial charge in [0, 0.05) is 31.0 Å². The molecule has 1 aromatic heterocycles. The van der Waals surface area contributed by atoms with E-state index in [-0.39, 0.29) is 17.2 Å². The topological polar surface area (TPSA) is 101 Å². The van der Waals surface area contributed by atoms with Crippen LogP contribution in [-0.2, 0) is 16.6 Å². The van der Waals surface area contributed by atoms with Crippen molar-refractivity contribution in [1.29, 1.82) is 0 Å². The average molecular weight is 296 g/mol. The number of methoxy groups -OCH3 is 1. The minimum atomic E-state index is -3.69. The van der Waals surface area contributed by atoms with Crippen LogP contribution in [0.15, 0.2) is 35.5 Å². The van der Waals surface area contributed by atoms with Gasteiger partial charge in [-0.3, -0.25) is 5.10 Å². The number of sulfonamides is 1. The molecule has 0 atom stereocenters. The van der Waals surface area contributed by atoms with Crippen molar-refractivity contribution in [1.82, 2.24) is 14.5 Å². The summed E-state index contributed by atoms with van der Waals surface area (Å²) in [6.07, 6.45) is 3.21. The smallest absolute Gasteiger partial charge is 0.246 e. The highest BCUT2D eigenvalue weighted by atomic mass is 32.2. The van der Waals surface area contributed by atoms with Crippen molar-refractivity contribution < 1.29 is 13.2 Å². The zero-order chi connectivity index (χ0) is 14.8. The normalized spacial score (nSPS) is 11.8. The number of nitrogens with two attached hydrogens (primary N) is 1. The summed E-state index contributed by atoms with van der Waals surface area (Å²) in [7, 11) is -0.785. The van der Waals surface area contributed by atoms with Gasteiger partial charge in [-0.05, 0) is 18.2 Å². The van der Waals surface area contributed by atoms with Crippen LogP contribution in [0.25, 0.3) is 0 Å². The second-order valence-corrected chi connectivity index (χ2v) is 6.29. The Morgan fingerprint density at radius 1 is 1.45 bits per heavy atom. The van der Waals surface area contributed by atoms with Gasteiger partial charge < -0.3 is 10.5 Å². The number of ether oxygens (including phenoxy) is 1. The van der Waals surface area contributed by atoms with Crippen molar-refractivity contribution in [2.45, 2.75) is 11.4 Å². The fraction of sp³-hybridized carbons (Fsp3) is 0.250. The summed E-state index contributed by atoms with van der Waals surface area (Å²) in [6, 6.07) is 4.52. The Kier molecular flexibility index (Phi) is 3.96. The van der Waals surface area contributed by atoms with Crippen molar-refractivity contribution in [2.75, 3.05) is 19.9 Å². The number of aromatic nitrogens is 2. The summed E-state index contributed by atoms with van der Waals surface area (Å²) >= 11 is 0. The maximum absolute atomic E-state index is 12.6. The molecule has 0 aliphatic heterocycles. The molecular weight excluding hydrogens is 280 g/mol. The Balaban J connectivity index is 2.36. The van der Waals surface area contributed by atoms with Gasteiger partial charge in [0.1, 0.15) is 10.6 Å². The summed E-state index contributed by atoms with van der Waals surface area (Å²) in [6.45, 7) is 0.205. The van der Waals surface area contributed by atoms with E-state index >= 15 is 0 Å². The second-order valence-electron chi connectivity index (χ2n) is 4.28. The standard InChI is InChI=1S/C12H16N4O3S/c1-16(8-9-6-14-15-7-9)20(17,18)12-5-10(13)3-4-11(12)19-2/h3-7H,8,13H2,1-2H3,(H,14,15). The Labute approximate surface area is 117 Å². The molecule has 0 aliphatic carbocycles. The van der Waals surface area contributed by atoms with E-state index < -0.39 is 10.0 Å². The van der Waals surface area contributed by atoms with Crippen LogP contribution in [-0.4, -0.2) is 37.1 Å². The highest BCUT2D eigenvalue weighted by Crippen LogP contribution is 2.28. The molecule has 1 heterocycles. The van der Waals surface area contributed by atoms with Gasteiger partial charge in [-0.25, -0.2) is 8.42 Å². The Hall–Kier alpha value is -2.06. The lowest BCUT2D eigenvalue weighted by molar-refractivity contribution is 0.397. The number of rotatable bonds is 5. The molecule has 0 bridgehead atoms. The predicted octanol–water partition coefficient (Wildman–Crippen LogP) is 0.821. The van der Waals surface area contributed by atoms with E-state index in [1.807, 2.05) is 0 Å². The van der Waals surface area contributed by atoms with Crippen LogP contribution in [0.1, 0.15) is 5.56 Å². The lowest BCUT2D eigenvalue weighted by Gasteiger charge is -2.18. The number of nitrogens with one attached hydrogen (secondary N) is 1. The van der Waals surface area contributed by atoms with Gasteiger partial charge in [-0.2, -0.15) is 9.40 Å². The minimum absolute atomic E-state index is 0.0472. The van der Waals surface area contributed by atoms with Gasteiger partial charge in [0.2, 0.25) is 10.0 Å². The number of anilines is 1. The molecule has 3 N–H and O–H groups in total. The first kappa shape index (κ1) is 14.4. The molecule has 7 nitrogen and oxygen atoms in total. The van der Waals surface area contributed by atoms with Gasteiger partial charge in [-0.15, -0.1) is 0 Å². The molecular formula is C12H16N4O3S. The van der Waals surface area contributed by atoms with Crippen LogP contribution in [0.5, 0.6) is 5.75 Å². The van der Waals surface area contributed by atoms with Crippen LogP contribution in [0.4, 0.5) is 5.69 Å². The number of H-pyrrole nitrogens is 1. The summed E-state index contributed by atoms with van der Waals surface area (Å²) in [5.74, 6) is 0.262. The number of aromatic amines is 1. The summed E-state index contributed by atoms with van der Waals surface area (Å²) in [5.41, 5.74) is 6.79. The first-order valence-electron chi connectivity index (χ1n) is 5.82. The number of hydrogen-bond acceptors (Lipinski definition) is 5. The van der Waals surface area contributed by atoms with Crippen molar-refractivity contribution in [3.05, 3.63) is 36.2 Å². The number of benzene rings is 1. The molecule has 0 saturated carbocycles. The summed E-state index contributed by atoms with van der Waals surface area (Å²) in [5, 5.41) is 6.43. The molecule has 0 unspecified atom stereocenters. The van der Waals surface area contributed by atoms with E-state index in [0.29, 0.717) is 5.69 Å². The predicted molar refractivity (Wildman–Crippen MR) is 74.6 cm³/mol. The van der Waals surface area contributed by atoms with Gasteiger partial charge in [0.05, 0.1) is 13.3 Å². The fourth-order valence-corrected chi connectivity index (χ4v) is 3.11. The van der Waals surface area contributed by atoms with Gasteiger partial charge in [-0.1, -0.05) is 0 Å². The molecule has 0 spiro atoms. The van der Waals surface area contributed by atoms with E-state index in [1.165, 1.54) is 30.6 Å². The van der Waals surface area contributed by atoms with Crippen LogP contribution in [0, 0.1) is 0 Å². The molecule has 8 heteroatoms. The van der Waals surface area contributed by atoms with E-state index in [9.17, 15) is 8.42 Å². The third-order valence-corrected chi connectivity index (χ3v) is 4.66. The van der Waals surface area contributed by atoms with E-state index in [2.05, 4.69) is 10.2 Å². The van der Waals surface area contributed by atoms with Crippen LogP contribution < -0.4 is 10.5 Å². The highest BCUT2D eigenvalue weighted by Gasteiger charge is 2.25. The molecule has 0 amide bonds. The van der Waals surface area contributed by atoms with Crippen molar-refractivity contribution in [3.8, 4) is 5.75 Å². The maximum atomic E-state index is 12.6. The number of nitrogens with zero attached hydrogens (tertiary/aromatic N) is 2. The summed E-state index contributed by atoms with van der Waals surface area (Å²) in [4.78, 5) is 0.0472. The van der Waals surface area contributed by atoms with Gasteiger partial charge >= 0.3 is 0 Å². The second kappa shape index (κ2) is 5.51. The summed E-state index contributed by atoms with van der Waals surface area (Å²) < 4.78 is 31.4. The third kappa shape index (κ3) is 2.75. The molecule has 2 rings (SSSR count). The van der Waals surface area contributed by atoms with E-state index in [0.717, 1.165) is 5.56 Å². The Morgan fingerprint density at radius 2 is 2.20 bits per heavy atom. The minimum Gasteiger partial charge on any atom is -0.495 e. The SMILES string of the molecule is COc1ccc(N)cc1S(=O)(=O)N(C)Cc1cn[nH]c1. The van der Waals surface area contributed by atoms with Crippen LogP contribution >= 0.6 is 0 Å². The van der Waals surface area contributed by atoms with Gasteiger partial charge in [0.25, 0.3) is 0 Å². The Bertz CT molecular complexity index is 683. The average Bonchev–Trinajstić information content (AvgIpc) is 2.91. The molecule has 0 fully saturated rings. The van der Waals surface area contributed by atoms with E-state index in [1.54, 1.807) is 18.5 Å². The molecule has 20 heavy (non-hydrogen) atoms. The van der Waals surface area contributed by atoms with Crippen molar-refractivity contribution in [3.63, 3.8) is 0 Å². The first-order valence-corrected chi connectivity index (χ1v) is 7.26. The number of nitrogen functional groups attached to an aromatic ring is 1. The van der Waals surface area contributed by atoms with Crippen molar-refractivity contribution >= 4 is 15.7 Å². The van der Waals surface area contributed by atoms with Crippen LogP contribution in [0.3, 0.4) is 0 Å². The third-order valence-electron chi connectivity index (χ3n) is 2.84. The molecule has 0 aliphatic rings. The zero-order valence-corrected chi connectivity index (χ0v) is 12.0. The fourth-order valence-electron chi connectivity index (χ4n) is 1.77. The monoisotopic (exact) mass is 296 g/mol. The molecule has 0 saturated heterocycles.